The molecule has 1 saturated heterocycles. The van der Waals surface area contributed by atoms with Gasteiger partial charge in [0.05, 0.1) is 0 Å². The molecule has 7 nitrogen and oxygen atoms in total. The van der Waals surface area contributed by atoms with Gasteiger partial charge in [-0.3, -0.25) is 19.1 Å². The van der Waals surface area contributed by atoms with E-state index in [1.54, 1.807) is 0 Å². The summed E-state index contributed by atoms with van der Waals surface area (Å²) in [6.07, 6.45) is -1.87. The topological polar surface area (TPSA) is 90.4 Å². The molecule has 2 heterocycles. The molecule has 3 atom stereocenters. The maximum absolute atomic E-state index is 13.7. The van der Waals surface area contributed by atoms with Crippen molar-refractivity contribution in [2.45, 2.75) is 31.8 Å². The van der Waals surface area contributed by atoms with Crippen LogP contribution in [0.25, 0.3) is 0 Å². The molecule has 0 saturated carbocycles. The van der Waals surface area contributed by atoms with Crippen LogP contribution >= 0.6 is 0 Å². The first-order chi connectivity index (χ1) is 8.97. The zero-order valence-electron chi connectivity index (χ0n) is 10.2. The van der Waals surface area contributed by atoms with Gasteiger partial charge in [0.1, 0.15) is 25.1 Å². The third-order valence-electron chi connectivity index (χ3n) is 2.77. The summed E-state index contributed by atoms with van der Waals surface area (Å²) in [5.74, 6) is -0.527. The number of hydrogen-bond acceptors (Lipinski definition) is 5. The SMILES string of the molecule is CC(=O)OC[C@@H]1O[C@H](n2ccc(=O)[nH]c2=O)CC1F. The van der Waals surface area contributed by atoms with Crippen LogP contribution in [0.5, 0.6) is 0 Å². The lowest BCUT2D eigenvalue weighted by molar-refractivity contribution is -0.146. The van der Waals surface area contributed by atoms with Gasteiger partial charge < -0.3 is 9.47 Å². The lowest BCUT2D eigenvalue weighted by Gasteiger charge is -2.15. The number of ether oxygens (including phenoxy) is 2. The van der Waals surface area contributed by atoms with Crippen molar-refractivity contribution >= 4 is 5.97 Å². The number of carbonyl (C=O) groups excluding carboxylic acids is 1. The lowest BCUT2D eigenvalue weighted by Crippen LogP contribution is -2.31. The number of alkyl halides is 1. The summed E-state index contributed by atoms with van der Waals surface area (Å²) < 4.78 is 24.8. The van der Waals surface area contributed by atoms with Crippen molar-refractivity contribution in [3.63, 3.8) is 0 Å². The molecule has 1 aliphatic heterocycles. The summed E-state index contributed by atoms with van der Waals surface area (Å²) in [5, 5.41) is 0. The van der Waals surface area contributed by atoms with E-state index in [0.717, 1.165) is 10.6 Å². The molecule has 1 aliphatic rings. The van der Waals surface area contributed by atoms with Crippen LogP contribution in [0.4, 0.5) is 4.39 Å². The highest BCUT2D eigenvalue weighted by molar-refractivity contribution is 5.65. The summed E-state index contributed by atoms with van der Waals surface area (Å²) in [7, 11) is 0. The quantitative estimate of drug-likeness (QED) is 0.765. The average Bonchev–Trinajstić information content (AvgIpc) is 2.67. The summed E-state index contributed by atoms with van der Waals surface area (Å²) >= 11 is 0. The van der Waals surface area contributed by atoms with Crippen LogP contribution in [0, 0.1) is 0 Å². The van der Waals surface area contributed by atoms with Crippen LogP contribution in [-0.2, 0) is 14.3 Å². The number of aromatic nitrogens is 2. The molecule has 0 aliphatic carbocycles. The van der Waals surface area contributed by atoms with Crippen LogP contribution in [0.2, 0.25) is 0 Å². The molecule has 1 aromatic rings. The van der Waals surface area contributed by atoms with Crippen molar-refractivity contribution in [1.29, 1.82) is 0 Å². The van der Waals surface area contributed by atoms with E-state index in [4.69, 9.17) is 4.74 Å². The van der Waals surface area contributed by atoms with Gasteiger partial charge in [0, 0.05) is 25.6 Å². The molecule has 19 heavy (non-hydrogen) atoms. The fourth-order valence-corrected chi connectivity index (χ4v) is 1.86. The average molecular weight is 272 g/mol. The first-order valence-electron chi connectivity index (χ1n) is 5.71. The minimum atomic E-state index is -1.34. The minimum absolute atomic E-state index is 0.0438. The van der Waals surface area contributed by atoms with Crippen LogP contribution in [0.1, 0.15) is 19.6 Å². The van der Waals surface area contributed by atoms with Gasteiger partial charge in [0.15, 0.2) is 0 Å². The summed E-state index contributed by atoms with van der Waals surface area (Å²) in [4.78, 5) is 35.2. The van der Waals surface area contributed by atoms with Gasteiger partial charge in [-0.2, -0.15) is 0 Å². The molecule has 0 spiro atoms. The maximum atomic E-state index is 13.7. The fraction of sp³-hybridized carbons (Fsp3) is 0.545. The Labute approximate surface area is 107 Å². The number of carbonyl (C=O) groups is 1. The highest BCUT2D eigenvalue weighted by Crippen LogP contribution is 2.29. The monoisotopic (exact) mass is 272 g/mol. The van der Waals surface area contributed by atoms with Crippen molar-refractivity contribution < 1.29 is 18.7 Å². The third kappa shape index (κ3) is 3.08. The Balaban J connectivity index is 2.09. The predicted molar refractivity (Wildman–Crippen MR) is 61.4 cm³/mol. The summed E-state index contributed by atoms with van der Waals surface area (Å²) in [6, 6.07) is 1.15. The molecular formula is C11H13FN2O5. The minimum Gasteiger partial charge on any atom is -0.463 e. The molecule has 8 heteroatoms. The first-order valence-corrected chi connectivity index (χ1v) is 5.71. The van der Waals surface area contributed by atoms with Gasteiger partial charge in [0.25, 0.3) is 5.56 Å². The second-order valence-electron chi connectivity index (χ2n) is 4.20. The Morgan fingerprint density at radius 2 is 2.37 bits per heavy atom. The normalized spacial score (nSPS) is 26.3. The van der Waals surface area contributed by atoms with Crippen molar-refractivity contribution in [2.75, 3.05) is 6.61 Å². The third-order valence-corrected chi connectivity index (χ3v) is 2.77. The van der Waals surface area contributed by atoms with Crippen molar-refractivity contribution in [1.82, 2.24) is 9.55 Å². The standard InChI is InChI=1S/C11H13FN2O5/c1-6(15)18-5-8-7(12)4-10(19-8)14-3-2-9(16)13-11(14)17/h2-3,7-8,10H,4-5H2,1H3,(H,13,16,17)/t7?,8-,10-/m0/s1. The second kappa shape index (κ2) is 5.35. The second-order valence-corrected chi connectivity index (χ2v) is 4.20. The zero-order valence-corrected chi connectivity index (χ0v) is 10.2. The fourth-order valence-electron chi connectivity index (χ4n) is 1.86. The number of nitrogens with one attached hydrogen (secondary N) is 1. The zero-order chi connectivity index (χ0) is 14.0. The van der Waals surface area contributed by atoms with Gasteiger partial charge in [-0.15, -0.1) is 0 Å². The lowest BCUT2D eigenvalue weighted by atomic mass is 10.2. The van der Waals surface area contributed by atoms with Crippen LogP contribution < -0.4 is 11.2 Å². The smallest absolute Gasteiger partial charge is 0.330 e. The van der Waals surface area contributed by atoms with Crippen LogP contribution in [0.3, 0.4) is 0 Å². The molecular weight excluding hydrogens is 259 g/mol. The van der Waals surface area contributed by atoms with E-state index in [-0.39, 0.29) is 13.0 Å². The van der Waals surface area contributed by atoms with E-state index in [1.807, 2.05) is 0 Å². The number of aromatic amines is 1. The maximum Gasteiger partial charge on any atom is 0.330 e. The number of nitrogens with zero attached hydrogens (tertiary/aromatic N) is 1. The molecule has 0 amide bonds. The molecule has 0 radical (unpaired) electrons. The number of halogens is 1. The van der Waals surface area contributed by atoms with Crippen LogP contribution in [0.15, 0.2) is 21.9 Å². The Morgan fingerprint density at radius 3 is 3.00 bits per heavy atom. The number of H-pyrrole nitrogens is 1. The van der Waals surface area contributed by atoms with Gasteiger partial charge in [-0.25, -0.2) is 9.18 Å². The van der Waals surface area contributed by atoms with E-state index in [2.05, 4.69) is 9.72 Å². The number of rotatable bonds is 3. The van der Waals surface area contributed by atoms with Crippen molar-refractivity contribution in [3.05, 3.63) is 33.1 Å². The largest absolute Gasteiger partial charge is 0.463 e. The van der Waals surface area contributed by atoms with Gasteiger partial charge in [-0.1, -0.05) is 0 Å². The Morgan fingerprint density at radius 1 is 1.63 bits per heavy atom. The van der Waals surface area contributed by atoms with E-state index in [0.29, 0.717) is 0 Å². The highest BCUT2D eigenvalue weighted by Gasteiger charge is 2.37. The molecule has 1 aromatic heterocycles. The molecule has 1 unspecified atom stereocenters. The Kier molecular flexibility index (Phi) is 3.79. The van der Waals surface area contributed by atoms with E-state index >= 15 is 0 Å². The summed E-state index contributed by atoms with van der Waals surface area (Å²) in [5.41, 5.74) is -1.20. The van der Waals surface area contributed by atoms with Gasteiger partial charge in [0.2, 0.25) is 0 Å². The summed E-state index contributed by atoms with van der Waals surface area (Å²) in [6.45, 7) is 1.01. The van der Waals surface area contributed by atoms with Crippen molar-refractivity contribution in [2.24, 2.45) is 0 Å². The molecule has 104 valence electrons. The van der Waals surface area contributed by atoms with E-state index < -0.39 is 35.7 Å². The molecule has 1 N–H and O–H groups in total. The molecule has 0 aromatic carbocycles. The Hall–Kier alpha value is -1.96. The van der Waals surface area contributed by atoms with Gasteiger partial charge >= 0.3 is 11.7 Å². The highest BCUT2D eigenvalue weighted by atomic mass is 19.1. The van der Waals surface area contributed by atoms with Crippen molar-refractivity contribution in [3.8, 4) is 0 Å². The van der Waals surface area contributed by atoms with Gasteiger partial charge in [-0.05, 0) is 0 Å². The number of hydrogen-bond donors (Lipinski definition) is 1. The molecule has 1 fully saturated rings. The van der Waals surface area contributed by atoms with E-state index in [1.165, 1.54) is 13.1 Å². The molecule has 0 bridgehead atoms. The molecule has 2 rings (SSSR count). The first kappa shape index (κ1) is 13.5. The van der Waals surface area contributed by atoms with E-state index in [9.17, 15) is 18.8 Å². The van der Waals surface area contributed by atoms with Crippen LogP contribution in [-0.4, -0.2) is 34.4 Å². The predicted octanol–water partition coefficient (Wildman–Crippen LogP) is -0.275. The Bertz CT molecular complexity index is 581. The number of esters is 1.